The van der Waals surface area contributed by atoms with Gasteiger partial charge < -0.3 is 0 Å². The predicted octanol–water partition coefficient (Wildman–Crippen LogP) is 16.5. The van der Waals surface area contributed by atoms with Gasteiger partial charge in [-0.2, -0.15) is 0 Å². The quantitative estimate of drug-likeness (QED) is 0.167. The number of benzene rings is 9. The summed E-state index contributed by atoms with van der Waals surface area (Å²) in [6.07, 6.45) is 6.99. The van der Waals surface area contributed by atoms with E-state index in [0.717, 1.165) is 57.6 Å². The van der Waals surface area contributed by atoms with E-state index in [4.69, 9.17) is 9.97 Å². The molecule has 0 amide bonds. The van der Waals surface area contributed by atoms with Crippen LogP contribution in [0.2, 0.25) is 0 Å². The first-order chi connectivity index (χ1) is 32.7. The zero-order valence-electron chi connectivity index (χ0n) is 36.9. The van der Waals surface area contributed by atoms with Crippen LogP contribution in [0.4, 0.5) is 0 Å². The number of fused-ring (bicyclic) bond motifs is 5. The van der Waals surface area contributed by atoms with Crippen LogP contribution in [0.25, 0.3) is 100.0 Å². The number of aromatic nitrogens is 2. The summed E-state index contributed by atoms with van der Waals surface area (Å²) in [7, 11) is 0. The van der Waals surface area contributed by atoms with Crippen LogP contribution in [-0.2, 0) is 5.41 Å². The van der Waals surface area contributed by atoms with Crippen LogP contribution < -0.4 is 0 Å². The third-order valence-corrected chi connectivity index (χ3v) is 16.3. The van der Waals surface area contributed by atoms with Crippen molar-refractivity contribution >= 4 is 21.5 Å². The SMILES string of the molecule is c1ccc(-c2ccc(-c3cc(-c4ccc(-c5cccc(-c6cccc7c6-c6cc8ccccc8cc6C76C7CC8CC(C7)CC6C8)c5)c5ccccc45)nc(-c4ccccc4)n3)cc2)cc1. The van der Waals surface area contributed by atoms with Gasteiger partial charge in [0.1, 0.15) is 0 Å². The third kappa shape index (κ3) is 5.80. The van der Waals surface area contributed by atoms with Crippen LogP contribution >= 0.6 is 0 Å². The molecule has 66 heavy (non-hydrogen) atoms. The highest BCUT2D eigenvalue weighted by Gasteiger charge is 2.61. The molecule has 15 rings (SSSR count). The van der Waals surface area contributed by atoms with E-state index in [1.807, 2.05) is 6.07 Å². The van der Waals surface area contributed by atoms with E-state index in [2.05, 4.69) is 200 Å². The van der Waals surface area contributed by atoms with Gasteiger partial charge in [0.15, 0.2) is 5.82 Å². The summed E-state index contributed by atoms with van der Waals surface area (Å²) in [4.78, 5) is 10.5. The van der Waals surface area contributed by atoms with Gasteiger partial charge in [-0.05, 0) is 157 Å². The van der Waals surface area contributed by atoms with Gasteiger partial charge in [-0.3, -0.25) is 0 Å². The maximum atomic E-state index is 5.29. The fourth-order valence-electron chi connectivity index (χ4n) is 13.7. The van der Waals surface area contributed by atoms with Crippen molar-refractivity contribution in [3.05, 3.63) is 217 Å². The van der Waals surface area contributed by atoms with Crippen molar-refractivity contribution < 1.29 is 0 Å². The topological polar surface area (TPSA) is 25.8 Å². The highest BCUT2D eigenvalue weighted by atomic mass is 14.9. The summed E-state index contributed by atoms with van der Waals surface area (Å²) in [6, 6.07) is 76.2. The second-order valence-electron chi connectivity index (χ2n) is 19.7. The molecule has 9 aromatic carbocycles. The lowest BCUT2D eigenvalue weighted by atomic mass is 9.43. The van der Waals surface area contributed by atoms with Gasteiger partial charge in [-0.15, -0.1) is 0 Å². The smallest absolute Gasteiger partial charge is 0.160 e. The maximum Gasteiger partial charge on any atom is 0.160 e. The van der Waals surface area contributed by atoms with E-state index in [0.29, 0.717) is 0 Å². The van der Waals surface area contributed by atoms with Gasteiger partial charge >= 0.3 is 0 Å². The van der Waals surface area contributed by atoms with E-state index < -0.39 is 0 Å². The zero-order valence-corrected chi connectivity index (χ0v) is 36.9. The third-order valence-electron chi connectivity index (χ3n) is 16.3. The van der Waals surface area contributed by atoms with Crippen LogP contribution in [-0.4, -0.2) is 9.97 Å². The van der Waals surface area contributed by atoms with Crippen LogP contribution in [0.5, 0.6) is 0 Å². The zero-order chi connectivity index (χ0) is 43.3. The van der Waals surface area contributed by atoms with Crippen molar-refractivity contribution in [3.8, 4) is 78.4 Å². The first kappa shape index (κ1) is 37.9. The van der Waals surface area contributed by atoms with Gasteiger partial charge in [0.25, 0.3) is 0 Å². The molecule has 10 aromatic rings. The molecule has 2 heteroatoms. The molecule has 0 saturated heterocycles. The molecule has 5 aliphatic rings. The highest BCUT2D eigenvalue weighted by molar-refractivity contribution is 6.06. The van der Waals surface area contributed by atoms with Gasteiger partial charge in [-0.1, -0.05) is 182 Å². The van der Waals surface area contributed by atoms with Crippen molar-refractivity contribution in [3.63, 3.8) is 0 Å². The Balaban J connectivity index is 0.895. The van der Waals surface area contributed by atoms with Crippen molar-refractivity contribution in [2.45, 2.75) is 37.5 Å². The molecule has 0 N–H and O–H groups in total. The second-order valence-corrected chi connectivity index (χ2v) is 19.7. The maximum absolute atomic E-state index is 5.29. The summed E-state index contributed by atoms with van der Waals surface area (Å²) >= 11 is 0. The molecule has 2 nitrogen and oxygen atoms in total. The second kappa shape index (κ2) is 14.8. The molecule has 4 fully saturated rings. The lowest BCUT2D eigenvalue weighted by Gasteiger charge is -2.61. The van der Waals surface area contributed by atoms with Gasteiger partial charge in [-0.25, -0.2) is 9.97 Å². The first-order valence-corrected chi connectivity index (χ1v) is 24.1. The number of hydrogen-bond donors (Lipinski definition) is 0. The standard InChI is InChI=1S/C64H48N2/c1-3-13-42(14-4-1)43-25-27-44(28-26-43)60-39-61(66-63(65-60)45-15-5-2-6-16-45)56-30-29-52(54-21-9-10-22-55(54)56)48-19-11-20-49(36-48)53-23-12-24-58-62(53)57-37-46-17-7-8-18-47(46)38-59(57)64(58)50-32-40-31-41(34-50)35-51(64)33-40/h1-30,36-41,50-51H,31-35H2. The van der Waals surface area contributed by atoms with Crippen LogP contribution in [0, 0.1) is 23.7 Å². The van der Waals surface area contributed by atoms with Gasteiger partial charge in [0.05, 0.1) is 11.4 Å². The summed E-state index contributed by atoms with van der Waals surface area (Å²) < 4.78 is 0. The lowest BCUT2D eigenvalue weighted by molar-refractivity contribution is -0.0398. The molecule has 5 aliphatic carbocycles. The van der Waals surface area contributed by atoms with Crippen molar-refractivity contribution in [1.82, 2.24) is 9.97 Å². The van der Waals surface area contributed by atoms with Gasteiger partial charge in [0.2, 0.25) is 0 Å². The van der Waals surface area contributed by atoms with Crippen LogP contribution in [0.3, 0.4) is 0 Å². The number of nitrogens with zero attached hydrogens (tertiary/aromatic N) is 2. The average molecular weight is 845 g/mol. The molecule has 1 spiro atoms. The highest BCUT2D eigenvalue weighted by Crippen LogP contribution is 2.70. The van der Waals surface area contributed by atoms with E-state index in [9.17, 15) is 0 Å². The largest absolute Gasteiger partial charge is 0.228 e. The Morgan fingerprint density at radius 1 is 0.333 bits per heavy atom. The molecular formula is C64H48N2. The van der Waals surface area contributed by atoms with Gasteiger partial charge in [0, 0.05) is 22.1 Å². The molecular weight excluding hydrogens is 797 g/mol. The monoisotopic (exact) mass is 844 g/mol. The molecule has 4 bridgehead atoms. The average Bonchev–Trinajstić information content (AvgIpc) is 3.66. The number of hydrogen-bond acceptors (Lipinski definition) is 2. The van der Waals surface area contributed by atoms with Crippen LogP contribution in [0.1, 0.15) is 43.2 Å². The molecule has 0 atom stereocenters. The minimum absolute atomic E-state index is 0.106. The lowest BCUT2D eigenvalue weighted by Crippen LogP contribution is -2.55. The van der Waals surface area contributed by atoms with E-state index in [1.54, 1.807) is 11.1 Å². The summed E-state index contributed by atoms with van der Waals surface area (Å²) in [5.41, 5.74) is 18.7. The molecule has 1 aromatic heterocycles. The fraction of sp³-hybridized carbons (Fsp3) is 0.156. The molecule has 1 heterocycles. The first-order valence-electron chi connectivity index (χ1n) is 24.1. The van der Waals surface area contributed by atoms with Crippen LogP contribution in [0.15, 0.2) is 206 Å². The minimum Gasteiger partial charge on any atom is -0.228 e. The summed E-state index contributed by atoms with van der Waals surface area (Å²) in [5, 5.41) is 5.10. The molecule has 4 saturated carbocycles. The normalized spacial score (nSPS) is 21.1. The Hall–Kier alpha value is -7.42. The molecule has 314 valence electrons. The van der Waals surface area contributed by atoms with Crippen molar-refractivity contribution in [1.29, 1.82) is 0 Å². The Morgan fingerprint density at radius 3 is 1.61 bits per heavy atom. The Kier molecular flexibility index (Phi) is 8.50. The Morgan fingerprint density at radius 2 is 0.879 bits per heavy atom. The summed E-state index contributed by atoms with van der Waals surface area (Å²) in [6.45, 7) is 0. The Labute approximate surface area is 386 Å². The Bertz CT molecular complexity index is 3500. The fourth-order valence-corrected chi connectivity index (χ4v) is 13.7. The molecule has 0 radical (unpaired) electrons. The van der Waals surface area contributed by atoms with Crippen molar-refractivity contribution in [2.75, 3.05) is 0 Å². The van der Waals surface area contributed by atoms with E-state index >= 15 is 0 Å². The summed E-state index contributed by atoms with van der Waals surface area (Å²) in [5.74, 6) is 3.98. The molecule has 0 aliphatic heterocycles. The molecule has 0 unspecified atom stereocenters. The van der Waals surface area contributed by atoms with E-state index in [-0.39, 0.29) is 5.41 Å². The predicted molar refractivity (Wildman–Crippen MR) is 273 cm³/mol. The minimum atomic E-state index is 0.106. The van der Waals surface area contributed by atoms with E-state index in [1.165, 1.54) is 98.2 Å². The van der Waals surface area contributed by atoms with Crippen molar-refractivity contribution in [2.24, 2.45) is 23.7 Å². The number of rotatable bonds is 6.